The summed E-state index contributed by atoms with van der Waals surface area (Å²) in [4.78, 5) is 15.9. The SMILES string of the molecule is CCOC(=O)c1ccc(N)c(N=Cc2ccc(O)cc2)c1. The van der Waals surface area contributed by atoms with Gasteiger partial charge in [-0.1, -0.05) is 0 Å². The van der Waals surface area contributed by atoms with Crippen molar-refractivity contribution in [3.8, 4) is 5.75 Å². The Morgan fingerprint density at radius 3 is 2.67 bits per heavy atom. The van der Waals surface area contributed by atoms with E-state index in [4.69, 9.17) is 10.5 Å². The Kier molecular flexibility index (Phi) is 4.56. The number of nitrogens with zero attached hydrogens (tertiary/aromatic N) is 1. The van der Waals surface area contributed by atoms with Crippen molar-refractivity contribution in [2.45, 2.75) is 6.92 Å². The lowest BCUT2D eigenvalue weighted by Gasteiger charge is -2.05. The van der Waals surface area contributed by atoms with Gasteiger partial charge in [0.1, 0.15) is 5.75 Å². The Morgan fingerprint density at radius 2 is 2.00 bits per heavy atom. The van der Waals surface area contributed by atoms with Crippen molar-refractivity contribution >= 4 is 23.6 Å². The fraction of sp³-hybridized carbons (Fsp3) is 0.125. The third kappa shape index (κ3) is 3.82. The zero-order valence-electron chi connectivity index (χ0n) is 11.6. The maximum atomic E-state index is 11.7. The van der Waals surface area contributed by atoms with Gasteiger partial charge < -0.3 is 15.6 Å². The van der Waals surface area contributed by atoms with E-state index in [1.165, 1.54) is 0 Å². The number of carbonyl (C=O) groups excluding carboxylic acids is 1. The fourth-order valence-electron chi connectivity index (χ4n) is 1.70. The van der Waals surface area contributed by atoms with E-state index in [1.54, 1.807) is 55.6 Å². The van der Waals surface area contributed by atoms with Gasteiger partial charge in [-0.2, -0.15) is 0 Å². The zero-order chi connectivity index (χ0) is 15.2. The molecule has 0 fully saturated rings. The van der Waals surface area contributed by atoms with Gasteiger partial charge in [-0.3, -0.25) is 4.99 Å². The lowest BCUT2D eigenvalue weighted by molar-refractivity contribution is 0.0526. The summed E-state index contributed by atoms with van der Waals surface area (Å²) >= 11 is 0. The third-order valence-corrected chi connectivity index (χ3v) is 2.79. The number of nitrogens with two attached hydrogens (primary N) is 1. The van der Waals surface area contributed by atoms with Crippen LogP contribution in [0.2, 0.25) is 0 Å². The number of aliphatic imine (C=N–C) groups is 1. The topological polar surface area (TPSA) is 84.9 Å². The molecule has 0 aliphatic carbocycles. The zero-order valence-corrected chi connectivity index (χ0v) is 11.6. The molecule has 0 aliphatic rings. The minimum atomic E-state index is -0.404. The fourth-order valence-corrected chi connectivity index (χ4v) is 1.70. The summed E-state index contributed by atoms with van der Waals surface area (Å²) in [6, 6.07) is 11.4. The number of hydrogen-bond acceptors (Lipinski definition) is 5. The smallest absolute Gasteiger partial charge is 0.338 e. The number of esters is 1. The molecule has 21 heavy (non-hydrogen) atoms. The normalized spacial score (nSPS) is 10.7. The van der Waals surface area contributed by atoms with Crippen LogP contribution in [0.15, 0.2) is 47.5 Å². The molecule has 0 unspecified atom stereocenters. The molecule has 2 aromatic carbocycles. The van der Waals surface area contributed by atoms with Crippen LogP contribution in [0.25, 0.3) is 0 Å². The van der Waals surface area contributed by atoms with Gasteiger partial charge in [-0.25, -0.2) is 4.79 Å². The van der Waals surface area contributed by atoms with Gasteiger partial charge in [-0.05, 0) is 55.0 Å². The highest BCUT2D eigenvalue weighted by atomic mass is 16.5. The predicted octanol–water partition coefficient (Wildman–Crippen LogP) is 2.90. The van der Waals surface area contributed by atoms with E-state index >= 15 is 0 Å². The van der Waals surface area contributed by atoms with Crippen LogP contribution in [0.1, 0.15) is 22.8 Å². The highest BCUT2D eigenvalue weighted by Crippen LogP contribution is 2.24. The first kappa shape index (κ1) is 14.6. The first-order valence-electron chi connectivity index (χ1n) is 6.50. The number of hydrogen-bond donors (Lipinski definition) is 2. The summed E-state index contributed by atoms with van der Waals surface area (Å²) < 4.78 is 4.94. The Labute approximate surface area is 122 Å². The highest BCUT2D eigenvalue weighted by molar-refractivity contribution is 5.92. The van der Waals surface area contributed by atoms with Crippen LogP contribution < -0.4 is 5.73 Å². The van der Waals surface area contributed by atoms with Gasteiger partial charge in [0, 0.05) is 6.21 Å². The number of nitrogen functional groups attached to an aromatic ring is 1. The summed E-state index contributed by atoms with van der Waals surface area (Å²) in [5.41, 5.74) is 8.03. The molecule has 108 valence electrons. The Bertz CT molecular complexity index is 664. The Morgan fingerprint density at radius 1 is 1.29 bits per heavy atom. The van der Waals surface area contributed by atoms with Gasteiger partial charge in [0.15, 0.2) is 0 Å². The largest absolute Gasteiger partial charge is 0.508 e. The molecular formula is C16H16N2O3. The second-order valence-corrected chi connectivity index (χ2v) is 4.34. The van der Waals surface area contributed by atoms with Crippen LogP contribution in [0.4, 0.5) is 11.4 Å². The molecule has 0 radical (unpaired) electrons. The van der Waals surface area contributed by atoms with E-state index in [0.717, 1.165) is 5.56 Å². The van der Waals surface area contributed by atoms with Gasteiger partial charge in [0.25, 0.3) is 0 Å². The highest BCUT2D eigenvalue weighted by Gasteiger charge is 2.08. The van der Waals surface area contributed by atoms with Crippen LogP contribution >= 0.6 is 0 Å². The van der Waals surface area contributed by atoms with Crippen LogP contribution in [-0.4, -0.2) is 23.9 Å². The lowest BCUT2D eigenvalue weighted by atomic mass is 10.1. The predicted molar refractivity (Wildman–Crippen MR) is 82.2 cm³/mol. The monoisotopic (exact) mass is 284 g/mol. The van der Waals surface area contributed by atoms with Crippen molar-refractivity contribution in [2.24, 2.45) is 4.99 Å². The quantitative estimate of drug-likeness (QED) is 0.513. The molecule has 3 N–H and O–H groups in total. The number of rotatable bonds is 4. The Balaban J connectivity index is 2.24. The molecule has 2 rings (SSSR count). The van der Waals surface area contributed by atoms with E-state index in [-0.39, 0.29) is 5.75 Å². The molecule has 0 saturated carbocycles. The van der Waals surface area contributed by atoms with Crippen molar-refractivity contribution in [2.75, 3.05) is 12.3 Å². The molecule has 5 heteroatoms. The maximum Gasteiger partial charge on any atom is 0.338 e. The molecule has 0 aliphatic heterocycles. The number of phenols is 1. The number of benzene rings is 2. The minimum Gasteiger partial charge on any atom is -0.508 e. The van der Waals surface area contributed by atoms with E-state index in [1.807, 2.05) is 0 Å². The molecule has 0 amide bonds. The Hall–Kier alpha value is -2.82. The summed E-state index contributed by atoms with van der Waals surface area (Å²) in [6.07, 6.45) is 1.61. The third-order valence-electron chi connectivity index (χ3n) is 2.79. The average Bonchev–Trinajstić information content (AvgIpc) is 2.48. The standard InChI is InChI=1S/C16H16N2O3/c1-2-21-16(20)12-5-8-14(17)15(9-12)18-10-11-3-6-13(19)7-4-11/h3-10,19H,2,17H2,1H3. The molecule has 2 aromatic rings. The van der Waals surface area contributed by atoms with E-state index < -0.39 is 5.97 Å². The minimum absolute atomic E-state index is 0.191. The second kappa shape index (κ2) is 6.56. The maximum absolute atomic E-state index is 11.7. The molecule has 0 heterocycles. The number of phenolic OH excluding ortho intramolecular Hbond substituents is 1. The van der Waals surface area contributed by atoms with E-state index in [2.05, 4.69) is 4.99 Å². The summed E-state index contributed by atoms with van der Waals surface area (Å²) in [6.45, 7) is 2.06. The molecular weight excluding hydrogens is 268 g/mol. The first-order chi connectivity index (χ1) is 10.1. The van der Waals surface area contributed by atoms with Crippen LogP contribution in [0, 0.1) is 0 Å². The van der Waals surface area contributed by atoms with Gasteiger partial charge in [0.05, 0.1) is 23.5 Å². The van der Waals surface area contributed by atoms with Gasteiger partial charge >= 0.3 is 5.97 Å². The van der Waals surface area contributed by atoms with Crippen LogP contribution in [-0.2, 0) is 4.74 Å². The number of aromatic hydroxyl groups is 1. The molecule has 0 saturated heterocycles. The van der Waals surface area contributed by atoms with E-state index in [9.17, 15) is 9.90 Å². The van der Waals surface area contributed by atoms with Crippen molar-refractivity contribution < 1.29 is 14.6 Å². The summed E-state index contributed by atoms with van der Waals surface area (Å²) in [7, 11) is 0. The molecule has 0 aromatic heterocycles. The summed E-state index contributed by atoms with van der Waals surface area (Å²) in [5.74, 6) is -0.213. The second-order valence-electron chi connectivity index (χ2n) is 4.34. The first-order valence-corrected chi connectivity index (χ1v) is 6.50. The molecule has 5 nitrogen and oxygen atoms in total. The lowest BCUT2D eigenvalue weighted by Crippen LogP contribution is -2.04. The molecule has 0 bridgehead atoms. The summed E-state index contributed by atoms with van der Waals surface area (Å²) in [5, 5.41) is 9.22. The number of ether oxygens (including phenoxy) is 1. The van der Waals surface area contributed by atoms with Crippen molar-refractivity contribution in [1.29, 1.82) is 0 Å². The van der Waals surface area contributed by atoms with Crippen molar-refractivity contribution in [1.82, 2.24) is 0 Å². The average molecular weight is 284 g/mol. The molecule has 0 atom stereocenters. The van der Waals surface area contributed by atoms with E-state index in [0.29, 0.717) is 23.5 Å². The van der Waals surface area contributed by atoms with Gasteiger partial charge in [0.2, 0.25) is 0 Å². The van der Waals surface area contributed by atoms with Crippen LogP contribution in [0.3, 0.4) is 0 Å². The van der Waals surface area contributed by atoms with Crippen molar-refractivity contribution in [3.05, 3.63) is 53.6 Å². The molecule has 0 spiro atoms. The van der Waals surface area contributed by atoms with Crippen molar-refractivity contribution in [3.63, 3.8) is 0 Å². The van der Waals surface area contributed by atoms with Gasteiger partial charge in [-0.15, -0.1) is 0 Å². The van der Waals surface area contributed by atoms with Crippen LogP contribution in [0.5, 0.6) is 5.75 Å². The number of carbonyl (C=O) groups is 1. The number of anilines is 1.